The van der Waals surface area contributed by atoms with E-state index in [1.807, 2.05) is 0 Å². The molecule has 1 fully saturated rings. The van der Waals surface area contributed by atoms with Crippen molar-refractivity contribution in [2.75, 3.05) is 20.2 Å². The van der Waals surface area contributed by atoms with Crippen LogP contribution in [-0.4, -0.2) is 54.3 Å². The molecule has 0 bridgehead atoms. The van der Waals surface area contributed by atoms with Gasteiger partial charge in [0.25, 0.3) is 0 Å². The van der Waals surface area contributed by atoms with Crippen molar-refractivity contribution in [2.24, 2.45) is 4.99 Å². The summed E-state index contributed by atoms with van der Waals surface area (Å²) in [6.45, 7) is 2.32. The van der Waals surface area contributed by atoms with Crippen molar-refractivity contribution in [1.82, 2.24) is 9.29 Å². The first-order valence-corrected chi connectivity index (χ1v) is 10.8. The fraction of sp³-hybridized carbons (Fsp3) is 0.400. The molecule has 9 heteroatoms. The third-order valence-electron chi connectivity index (χ3n) is 4.95. The number of benzene rings is 1. The van der Waals surface area contributed by atoms with Crippen LogP contribution < -0.4 is 4.74 Å². The van der Waals surface area contributed by atoms with Crippen LogP contribution >= 0.6 is 0 Å². The Morgan fingerprint density at radius 2 is 2.00 bits per heavy atom. The monoisotopic (exact) mass is 419 g/mol. The summed E-state index contributed by atoms with van der Waals surface area (Å²) in [6.07, 6.45) is 5.56. The molecule has 2 heterocycles. The van der Waals surface area contributed by atoms with Gasteiger partial charge in [-0.05, 0) is 38.0 Å². The molecular weight excluding hydrogens is 394 g/mol. The maximum atomic E-state index is 13.1. The summed E-state index contributed by atoms with van der Waals surface area (Å²) in [4.78, 5) is 8.40. The average Bonchev–Trinajstić information content (AvgIpc) is 2.75. The number of ether oxygens (including phenoxy) is 1. The van der Waals surface area contributed by atoms with Crippen LogP contribution in [0.15, 0.2) is 34.3 Å². The number of aryl methyl sites for hydroxylation is 1. The Bertz CT molecular complexity index is 1020. The predicted molar refractivity (Wildman–Crippen MR) is 109 cm³/mol. The summed E-state index contributed by atoms with van der Waals surface area (Å²) in [7, 11) is -2.27. The average molecular weight is 420 g/mol. The molecule has 0 atom stereocenters. The number of sulfonamides is 1. The zero-order valence-corrected chi connectivity index (χ0v) is 17.3. The van der Waals surface area contributed by atoms with Crippen molar-refractivity contribution < 1.29 is 23.4 Å². The number of hydrogen-bond acceptors (Lipinski definition) is 7. The van der Waals surface area contributed by atoms with E-state index in [0.717, 1.165) is 19.3 Å². The van der Waals surface area contributed by atoms with E-state index in [1.165, 1.54) is 29.9 Å². The first-order chi connectivity index (χ1) is 13.9. The van der Waals surface area contributed by atoms with Crippen molar-refractivity contribution in [2.45, 2.75) is 37.7 Å². The van der Waals surface area contributed by atoms with Crippen molar-refractivity contribution in [3.8, 4) is 11.5 Å². The topological polar surface area (TPSA) is 112 Å². The molecule has 3 rings (SSSR count). The Morgan fingerprint density at radius 3 is 2.66 bits per heavy atom. The summed E-state index contributed by atoms with van der Waals surface area (Å²) in [5.41, 5.74) is 1.56. The molecule has 29 heavy (non-hydrogen) atoms. The summed E-state index contributed by atoms with van der Waals surface area (Å²) in [5, 5.41) is 19.7. The van der Waals surface area contributed by atoms with Crippen LogP contribution in [0.25, 0.3) is 0 Å². The number of aliphatic hydroxyl groups is 1. The Balaban J connectivity index is 2.00. The van der Waals surface area contributed by atoms with Gasteiger partial charge in [0.05, 0.1) is 25.1 Å². The van der Waals surface area contributed by atoms with Gasteiger partial charge in [-0.1, -0.05) is 6.42 Å². The molecule has 1 aliphatic heterocycles. The lowest BCUT2D eigenvalue weighted by atomic mass is 10.1. The fourth-order valence-corrected chi connectivity index (χ4v) is 4.95. The smallest absolute Gasteiger partial charge is 0.246 e. The predicted octanol–water partition coefficient (Wildman–Crippen LogP) is 2.52. The van der Waals surface area contributed by atoms with Crippen molar-refractivity contribution in [1.29, 1.82) is 0 Å². The Labute approximate surface area is 170 Å². The normalized spacial score (nSPS) is 15.7. The lowest BCUT2D eigenvalue weighted by Crippen LogP contribution is -2.35. The first-order valence-electron chi connectivity index (χ1n) is 9.39. The second-order valence-electron chi connectivity index (χ2n) is 6.85. The Hall–Kier alpha value is -2.49. The lowest BCUT2D eigenvalue weighted by molar-refractivity contribution is 0.280. The van der Waals surface area contributed by atoms with Crippen LogP contribution in [-0.2, 0) is 16.6 Å². The maximum absolute atomic E-state index is 13.1. The number of aliphatic hydroxyl groups excluding tert-OH is 1. The van der Waals surface area contributed by atoms with Gasteiger partial charge in [0, 0.05) is 36.6 Å². The van der Waals surface area contributed by atoms with Crippen LogP contribution in [0.2, 0.25) is 0 Å². The number of piperidine rings is 1. The standard InChI is InChI=1S/C20H25N3O5S/c1-14-20(25)17(15(13-24)11-21-14)12-22-16-6-7-18(28-2)19(10-16)29(26,27)23-8-4-3-5-9-23/h6-7,10-12,24-25H,3-5,8-9,13H2,1-2H3. The zero-order chi connectivity index (χ0) is 21.0. The second kappa shape index (κ2) is 8.89. The van der Waals surface area contributed by atoms with Gasteiger partial charge in [0.1, 0.15) is 16.4 Å². The lowest BCUT2D eigenvalue weighted by Gasteiger charge is -2.26. The van der Waals surface area contributed by atoms with Gasteiger partial charge in [-0.3, -0.25) is 9.98 Å². The number of hydrogen-bond donors (Lipinski definition) is 2. The molecule has 156 valence electrons. The van der Waals surface area contributed by atoms with Crippen LogP contribution in [0.5, 0.6) is 11.5 Å². The van der Waals surface area contributed by atoms with Gasteiger partial charge in [-0.25, -0.2) is 8.42 Å². The van der Waals surface area contributed by atoms with Gasteiger partial charge in [0.2, 0.25) is 10.0 Å². The van der Waals surface area contributed by atoms with Gasteiger partial charge in [0.15, 0.2) is 0 Å². The van der Waals surface area contributed by atoms with Crippen LogP contribution in [0.4, 0.5) is 5.69 Å². The molecule has 0 amide bonds. The number of rotatable bonds is 6. The van der Waals surface area contributed by atoms with E-state index in [0.29, 0.717) is 35.6 Å². The third kappa shape index (κ3) is 4.42. The molecule has 0 unspecified atom stereocenters. The van der Waals surface area contributed by atoms with Gasteiger partial charge < -0.3 is 14.9 Å². The van der Waals surface area contributed by atoms with Gasteiger partial charge in [-0.2, -0.15) is 4.31 Å². The van der Waals surface area contributed by atoms with Crippen molar-refractivity contribution in [3.63, 3.8) is 0 Å². The number of aromatic nitrogens is 1. The van der Waals surface area contributed by atoms with Crippen LogP contribution in [0, 0.1) is 6.92 Å². The number of pyridine rings is 1. The second-order valence-corrected chi connectivity index (χ2v) is 8.75. The molecule has 0 spiro atoms. The summed E-state index contributed by atoms with van der Waals surface area (Å²) in [5.74, 6) is 0.183. The van der Waals surface area contributed by atoms with Crippen molar-refractivity contribution >= 4 is 21.9 Å². The number of methoxy groups -OCH3 is 1. The number of nitrogens with zero attached hydrogens (tertiary/aromatic N) is 3. The first kappa shape index (κ1) is 21.2. The van der Waals surface area contributed by atoms with Gasteiger partial charge >= 0.3 is 0 Å². The van der Waals surface area contributed by atoms with E-state index in [4.69, 9.17) is 4.74 Å². The molecule has 1 saturated heterocycles. The highest BCUT2D eigenvalue weighted by Gasteiger charge is 2.29. The van der Waals surface area contributed by atoms with Gasteiger partial charge in [-0.15, -0.1) is 0 Å². The Morgan fingerprint density at radius 1 is 1.28 bits per heavy atom. The van der Waals surface area contributed by atoms with E-state index in [1.54, 1.807) is 19.1 Å². The SMILES string of the molecule is COc1ccc(N=Cc2c(CO)cnc(C)c2O)cc1S(=O)(=O)N1CCCCC1. The summed E-state index contributed by atoms with van der Waals surface area (Å²) in [6, 6.07) is 4.66. The van der Waals surface area contributed by atoms with E-state index in [-0.39, 0.29) is 23.0 Å². The Kier molecular flexibility index (Phi) is 6.51. The molecule has 1 aliphatic rings. The largest absolute Gasteiger partial charge is 0.505 e. The minimum atomic E-state index is -3.70. The molecule has 1 aromatic carbocycles. The van der Waals surface area contributed by atoms with Crippen LogP contribution in [0.3, 0.4) is 0 Å². The van der Waals surface area contributed by atoms with E-state index in [2.05, 4.69) is 9.98 Å². The molecular formula is C20H25N3O5S. The zero-order valence-electron chi connectivity index (χ0n) is 16.5. The highest BCUT2D eigenvalue weighted by molar-refractivity contribution is 7.89. The van der Waals surface area contributed by atoms with E-state index in [9.17, 15) is 18.6 Å². The molecule has 0 saturated carbocycles. The highest BCUT2D eigenvalue weighted by atomic mass is 32.2. The van der Waals surface area contributed by atoms with Crippen molar-refractivity contribution in [3.05, 3.63) is 41.2 Å². The molecule has 0 aliphatic carbocycles. The minimum Gasteiger partial charge on any atom is -0.505 e. The number of aromatic hydroxyl groups is 1. The highest BCUT2D eigenvalue weighted by Crippen LogP contribution is 2.32. The summed E-state index contributed by atoms with van der Waals surface area (Å²) >= 11 is 0. The maximum Gasteiger partial charge on any atom is 0.246 e. The van der Waals surface area contributed by atoms with E-state index < -0.39 is 10.0 Å². The summed E-state index contributed by atoms with van der Waals surface area (Å²) < 4.78 is 33.0. The van der Waals surface area contributed by atoms with Crippen LogP contribution in [0.1, 0.15) is 36.1 Å². The molecule has 1 aromatic heterocycles. The quantitative estimate of drug-likeness (QED) is 0.696. The fourth-order valence-electron chi connectivity index (χ4n) is 3.25. The molecule has 2 aromatic rings. The number of aliphatic imine (C=N–C) groups is 1. The van der Waals surface area contributed by atoms with E-state index >= 15 is 0 Å². The third-order valence-corrected chi connectivity index (χ3v) is 6.87. The molecule has 8 nitrogen and oxygen atoms in total. The molecule has 0 radical (unpaired) electrons. The molecule has 2 N–H and O–H groups in total. The minimum absolute atomic E-state index is 0.0639.